The van der Waals surface area contributed by atoms with Gasteiger partial charge in [0.2, 0.25) is 0 Å². The zero-order chi connectivity index (χ0) is 5.98. The highest BCUT2D eigenvalue weighted by molar-refractivity contribution is 5.04. The van der Waals surface area contributed by atoms with Gasteiger partial charge < -0.3 is 0 Å². The summed E-state index contributed by atoms with van der Waals surface area (Å²) in [5.74, 6) is 0.968. The van der Waals surface area contributed by atoms with Crippen LogP contribution in [0, 0.1) is 5.92 Å². The number of hydrogen-bond donors (Lipinski definition) is 0. The van der Waals surface area contributed by atoms with E-state index in [9.17, 15) is 0 Å². The van der Waals surface area contributed by atoms with Crippen molar-refractivity contribution in [2.75, 3.05) is 0 Å². The standard InChI is InChI=1S/C8H14/c1-3-7(2)6-8-4-5-8/h6,8H,3-5H2,1-2H3. The molecule has 1 aliphatic carbocycles. The Kier molecular flexibility index (Phi) is 1.72. The molecule has 1 rings (SSSR count). The van der Waals surface area contributed by atoms with Crippen LogP contribution < -0.4 is 0 Å². The molecule has 0 aliphatic heterocycles. The molecule has 1 saturated carbocycles. The van der Waals surface area contributed by atoms with Gasteiger partial charge in [0.25, 0.3) is 0 Å². The molecule has 0 aromatic heterocycles. The van der Waals surface area contributed by atoms with Gasteiger partial charge >= 0.3 is 0 Å². The summed E-state index contributed by atoms with van der Waals surface area (Å²) >= 11 is 0. The molecule has 0 heterocycles. The average molecular weight is 110 g/mol. The van der Waals surface area contributed by atoms with Crippen molar-refractivity contribution in [2.24, 2.45) is 5.92 Å². The highest BCUT2D eigenvalue weighted by Gasteiger charge is 2.17. The van der Waals surface area contributed by atoms with Crippen molar-refractivity contribution in [1.29, 1.82) is 0 Å². The van der Waals surface area contributed by atoms with Gasteiger partial charge in [0.05, 0.1) is 0 Å². The molecule has 0 spiro atoms. The van der Waals surface area contributed by atoms with Gasteiger partial charge in [-0.2, -0.15) is 0 Å². The minimum Gasteiger partial charge on any atom is -0.0825 e. The summed E-state index contributed by atoms with van der Waals surface area (Å²) in [6.45, 7) is 4.44. The first-order valence-electron chi connectivity index (χ1n) is 3.50. The van der Waals surface area contributed by atoms with Crippen molar-refractivity contribution in [2.45, 2.75) is 33.1 Å². The van der Waals surface area contributed by atoms with E-state index >= 15 is 0 Å². The highest BCUT2D eigenvalue weighted by Crippen LogP contribution is 2.31. The molecule has 0 N–H and O–H groups in total. The van der Waals surface area contributed by atoms with Crippen LogP contribution in [0.4, 0.5) is 0 Å². The molecule has 1 fully saturated rings. The maximum absolute atomic E-state index is 2.42. The fraction of sp³-hybridized carbons (Fsp3) is 0.750. The fourth-order valence-electron chi connectivity index (χ4n) is 0.783. The molecule has 0 heteroatoms. The summed E-state index contributed by atoms with van der Waals surface area (Å²) in [6, 6.07) is 0. The van der Waals surface area contributed by atoms with Crippen LogP contribution in [0.3, 0.4) is 0 Å². The van der Waals surface area contributed by atoms with Crippen molar-refractivity contribution >= 4 is 0 Å². The maximum atomic E-state index is 2.42. The van der Waals surface area contributed by atoms with E-state index < -0.39 is 0 Å². The summed E-state index contributed by atoms with van der Waals surface area (Å²) in [5, 5.41) is 0. The largest absolute Gasteiger partial charge is 0.0825 e. The van der Waals surface area contributed by atoms with Gasteiger partial charge in [0.15, 0.2) is 0 Å². The lowest BCUT2D eigenvalue weighted by Gasteiger charge is -1.90. The third-order valence-electron chi connectivity index (χ3n) is 1.70. The number of allylic oxidation sites excluding steroid dienone is 2. The minimum absolute atomic E-state index is 0.968. The van der Waals surface area contributed by atoms with Gasteiger partial charge in [0.1, 0.15) is 0 Å². The van der Waals surface area contributed by atoms with Crippen LogP contribution >= 0.6 is 0 Å². The van der Waals surface area contributed by atoms with Crippen LogP contribution in [0.25, 0.3) is 0 Å². The van der Waals surface area contributed by atoms with E-state index in [1.54, 1.807) is 5.57 Å². The van der Waals surface area contributed by atoms with E-state index in [4.69, 9.17) is 0 Å². The van der Waals surface area contributed by atoms with Crippen molar-refractivity contribution in [1.82, 2.24) is 0 Å². The molecule has 0 saturated heterocycles. The van der Waals surface area contributed by atoms with Crippen LogP contribution in [0.15, 0.2) is 11.6 Å². The average Bonchev–Trinajstić information content (AvgIpc) is 2.50. The molecule has 8 heavy (non-hydrogen) atoms. The fourth-order valence-corrected chi connectivity index (χ4v) is 0.783. The second-order valence-electron chi connectivity index (χ2n) is 2.70. The monoisotopic (exact) mass is 110 g/mol. The summed E-state index contributed by atoms with van der Waals surface area (Å²) in [4.78, 5) is 0. The summed E-state index contributed by atoms with van der Waals surface area (Å²) in [5.41, 5.74) is 1.56. The first-order chi connectivity index (χ1) is 3.83. The van der Waals surface area contributed by atoms with Crippen molar-refractivity contribution in [3.05, 3.63) is 11.6 Å². The predicted octanol–water partition coefficient (Wildman–Crippen LogP) is 2.75. The Morgan fingerprint density at radius 2 is 2.25 bits per heavy atom. The molecule has 0 radical (unpaired) electrons. The van der Waals surface area contributed by atoms with Gasteiger partial charge in [-0.1, -0.05) is 18.6 Å². The maximum Gasteiger partial charge on any atom is -0.0231 e. The van der Waals surface area contributed by atoms with Crippen LogP contribution in [-0.4, -0.2) is 0 Å². The van der Waals surface area contributed by atoms with E-state index in [0.29, 0.717) is 0 Å². The summed E-state index contributed by atoms with van der Waals surface area (Å²) in [7, 11) is 0. The molecule has 0 bridgehead atoms. The Balaban J connectivity index is 2.27. The second kappa shape index (κ2) is 2.34. The van der Waals surface area contributed by atoms with Gasteiger partial charge in [-0.05, 0) is 32.1 Å². The second-order valence-corrected chi connectivity index (χ2v) is 2.70. The van der Waals surface area contributed by atoms with Crippen LogP contribution in [0.5, 0.6) is 0 Å². The first kappa shape index (κ1) is 5.87. The molecule has 0 nitrogen and oxygen atoms in total. The highest BCUT2D eigenvalue weighted by atomic mass is 14.2. The first-order valence-corrected chi connectivity index (χ1v) is 3.50. The normalized spacial score (nSPS) is 21.5. The lowest BCUT2D eigenvalue weighted by atomic mass is 10.2. The van der Waals surface area contributed by atoms with Crippen LogP contribution in [0.2, 0.25) is 0 Å². The molecule has 0 amide bonds. The minimum atomic E-state index is 0.968. The zero-order valence-corrected chi connectivity index (χ0v) is 5.78. The molecule has 0 aromatic carbocycles. The van der Waals surface area contributed by atoms with Crippen LogP contribution in [0.1, 0.15) is 33.1 Å². The Bertz CT molecular complexity index is 96.6. The topological polar surface area (TPSA) is 0 Å². The number of hydrogen-bond acceptors (Lipinski definition) is 0. The summed E-state index contributed by atoms with van der Waals surface area (Å²) < 4.78 is 0. The lowest BCUT2D eigenvalue weighted by Crippen LogP contribution is -1.71. The summed E-state index contributed by atoms with van der Waals surface area (Å²) in [6.07, 6.45) is 6.53. The molecule has 0 aromatic rings. The van der Waals surface area contributed by atoms with Crippen LogP contribution in [-0.2, 0) is 0 Å². The molecule has 0 atom stereocenters. The Hall–Kier alpha value is -0.260. The van der Waals surface area contributed by atoms with Crippen molar-refractivity contribution < 1.29 is 0 Å². The van der Waals surface area contributed by atoms with Gasteiger partial charge in [-0.3, -0.25) is 0 Å². The van der Waals surface area contributed by atoms with E-state index in [0.717, 1.165) is 5.92 Å². The Labute approximate surface area is 51.6 Å². The van der Waals surface area contributed by atoms with E-state index in [1.807, 2.05) is 0 Å². The Morgan fingerprint density at radius 3 is 2.62 bits per heavy atom. The third-order valence-corrected chi connectivity index (χ3v) is 1.70. The van der Waals surface area contributed by atoms with E-state index in [2.05, 4.69) is 19.9 Å². The quantitative estimate of drug-likeness (QED) is 0.479. The SMILES string of the molecule is CCC(C)=CC1CC1. The predicted molar refractivity (Wildman–Crippen MR) is 36.8 cm³/mol. The molecule has 0 unspecified atom stereocenters. The van der Waals surface area contributed by atoms with Crippen molar-refractivity contribution in [3.63, 3.8) is 0 Å². The van der Waals surface area contributed by atoms with E-state index in [-0.39, 0.29) is 0 Å². The Morgan fingerprint density at radius 1 is 1.62 bits per heavy atom. The molecular formula is C8H14. The van der Waals surface area contributed by atoms with Gasteiger partial charge in [0, 0.05) is 0 Å². The zero-order valence-electron chi connectivity index (χ0n) is 5.78. The smallest absolute Gasteiger partial charge is 0.0231 e. The van der Waals surface area contributed by atoms with Gasteiger partial charge in [-0.15, -0.1) is 0 Å². The third kappa shape index (κ3) is 1.69. The molecule has 46 valence electrons. The van der Waals surface area contributed by atoms with Crippen molar-refractivity contribution in [3.8, 4) is 0 Å². The lowest BCUT2D eigenvalue weighted by molar-refractivity contribution is 1.02. The molecular weight excluding hydrogens is 96.1 g/mol. The number of rotatable bonds is 2. The van der Waals surface area contributed by atoms with Gasteiger partial charge in [-0.25, -0.2) is 0 Å². The molecule has 1 aliphatic rings. The van der Waals surface area contributed by atoms with E-state index in [1.165, 1.54) is 19.3 Å².